The third kappa shape index (κ3) is 28.0. The topological polar surface area (TPSA) is 64.6 Å². The predicted octanol–water partition coefficient (Wildman–Crippen LogP) is 13.9. The van der Waals surface area contributed by atoms with Gasteiger partial charge in [0.1, 0.15) is 25.7 Å². The van der Waals surface area contributed by atoms with Gasteiger partial charge in [-0.2, -0.15) is 9.78 Å². The molecule has 0 aliphatic rings. The van der Waals surface area contributed by atoms with Crippen LogP contribution in [0.5, 0.6) is 0 Å². The van der Waals surface area contributed by atoms with Crippen LogP contribution in [0.15, 0.2) is 84.7 Å². The molecule has 0 atom stereocenters. The van der Waals surface area contributed by atoms with Crippen LogP contribution >= 0.6 is 23.2 Å². The number of rotatable bonds is 36. The van der Waals surface area contributed by atoms with E-state index in [-0.39, 0.29) is 13.2 Å². The van der Waals surface area contributed by atoms with E-state index < -0.39 is 0 Å². The highest BCUT2D eigenvalue weighted by molar-refractivity contribution is 6.18. The van der Waals surface area contributed by atoms with Crippen LogP contribution < -0.4 is 0 Å². The van der Waals surface area contributed by atoms with Crippen LogP contribution in [0.3, 0.4) is 0 Å². The first-order chi connectivity index (χ1) is 25.3. The molecular weight excluding hydrogens is 687 g/mol. The van der Waals surface area contributed by atoms with Crippen LogP contribution in [0, 0.1) is 0 Å². The van der Waals surface area contributed by atoms with E-state index in [0.29, 0.717) is 24.4 Å². The van der Waals surface area contributed by atoms with E-state index in [9.17, 15) is 0 Å². The number of hydrogen-bond acceptors (Lipinski definition) is 7. The Bertz CT molecular complexity index is 1000. The van der Waals surface area contributed by atoms with Crippen LogP contribution in [0.2, 0.25) is 0 Å². The van der Waals surface area contributed by atoms with Crippen LogP contribution in [-0.4, -0.2) is 11.8 Å². The van der Waals surface area contributed by atoms with Crippen LogP contribution in [-0.2, 0) is 47.6 Å². The summed E-state index contributed by atoms with van der Waals surface area (Å²) < 4.78 is 5.83. The van der Waals surface area contributed by atoms with Gasteiger partial charge < -0.3 is 14.5 Å². The van der Waals surface area contributed by atoms with Crippen molar-refractivity contribution in [3.05, 3.63) is 95.8 Å². The Kier molecular flexibility index (Phi) is 30.6. The third-order valence-electron chi connectivity index (χ3n) is 8.53. The van der Waals surface area contributed by atoms with Gasteiger partial charge in [0.25, 0.3) is 0 Å². The minimum Gasteiger partial charge on any atom is -0.465 e. The van der Waals surface area contributed by atoms with Crippen LogP contribution in [0.25, 0.3) is 0 Å². The van der Waals surface area contributed by atoms with Gasteiger partial charge in [0.2, 0.25) is 0 Å². The molecular formula is C42H64Cl2O7. The van der Waals surface area contributed by atoms with Crippen molar-refractivity contribution in [2.75, 3.05) is 11.8 Å². The molecule has 2 aromatic carbocycles. The molecule has 0 N–H and O–H groups in total. The van der Waals surface area contributed by atoms with Gasteiger partial charge in [-0.25, -0.2) is 0 Å². The van der Waals surface area contributed by atoms with Gasteiger partial charge in [-0.05, 0) is 46.9 Å². The summed E-state index contributed by atoms with van der Waals surface area (Å²) >= 11 is 11.5. The minimum absolute atomic E-state index is 0.271. The van der Waals surface area contributed by atoms with Gasteiger partial charge in [0, 0.05) is 24.6 Å². The second-order valence-electron chi connectivity index (χ2n) is 13.1. The molecule has 0 unspecified atom stereocenters. The molecule has 0 aromatic heterocycles. The zero-order valence-corrected chi connectivity index (χ0v) is 32.4. The maximum atomic E-state index is 5.83. The van der Waals surface area contributed by atoms with Gasteiger partial charge in [0.05, 0.1) is 0 Å². The lowest BCUT2D eigenvalue weighted by molar-refractivity contribution is -0.503. The summed E-state index contributed by atoms with van der Waals surface area (Å²) in [6.45, 7) is 0.543. The molecule has 7 nitrogen and oxygen atoms in total. The highest BCUT2D eigenvalue weighted by Gasteiger charge is 2.07. The summed E-state index contributed by atoms with van der Waals surface area (Å²) in [6.07, 6.45) is 28.4. The SMILES string of the molecule is ClCCCCCCCCCCCCC(=COC=C(CCCCCCCCCCCCCl)OOOCc1ccccc1)OOOCc1ccccc1. The van der Waals surface area contributed by atoms with Crippen molar-refractivity contribution in [1.82, 2.24) is 0 Å². The largest absolute Gasteiger partial charge is 0.465 e. The summed E-state index contributed by atoms with van der Waals surface area (Å²) in [5, 5.41) is 10.2. The minimum atomic E-state index is 0.271. The first-order valence-corrected chi connectivity index (χ1v) is 20.5. The number of hydrogen-bond donors (Lipinski definition) is 0. The van der Waals surface area contributed by atoms with Crippen LogP contribution in [0.4, 0.5) is 0 Å². The predicted molar refractivity (Wildman–Crippen MR) is 207 cm³/mol. The van der Waals surface area contributed by atoms with Crippen molar-refractivity contribution >= 4 is 23.2 Å². The second-order valence-corrected chi connectivity index (χ2v) is 13.8. The maximum Gasteiger partial charge on any atom is 0.180 e. The normalized spacial score (nSPS) is 12.0. The van der Waals surface area contributed by atoms with Crippen molar-refractivity contribution < 1.29 is 34.4 Å². The Hall–Kier alpha value is -2.26. The first kappa shape index (κ1) is 44.9. The molecule has 0 saturated heterocycles. The molecule has 51 heavy (non-hydrogen) atoms. The van der Waals surface area contributed by atoms with Crippen molar-refractivity contribution in [1.29, 1.82) is 0 Å². The summed E-state index contributed by atoms with van der Waals surface area (Å²) in [4.78, 5) is 21.7. The zero-order chi connectivity index (χ0) is 36.1. The fourth-order valence-corrected chi connectivity index (χ4v) is 5.89. The van der Waals surface area contributed by atoms with E-state index >= 15 is 0 Å². The Morgan fingerprint density at radius 2 is 0.725 bits per heavy atom. The van der Waals surface area contributed by atoms with E-state index in [0.717, 1.165) is 61.4 Å². The molecule has 0 spiro atoms. The van der Waals surface area contributed by atoms with E-state index in [1.807, 2.05) is 60.7 Å². The highest BCUT2D eigenvalue weighted by Crippen LogP contribution is 2.18. The summed E-state index contributed by atoms with van der Waals surface area (Å²) in [6, 6.07) is 19.6. The van der Waals surface area contributed by atoms with Crippen molar-refractivity contribution in [2.24, 2.45) is 0 Å². The quantitative estimate of drug-likeness (QED) is 0.0226. The highest BCUT2D eigenvalue weighted by atomic mass is 35.5. The Morgan fingerprint density at radius 1 is 0.412 bits per heavy atom. The monoisotopic (exact) mass is 750 g/mol. The lowest BCUT2D eigenvalue weighted by atomic mass is 10.1. The molecule has 9 heteroatoms. The first-order valence-electron chi connectivity index (χ1n) is 19.5. The Morgan fingerprint density at radius 3 is 1.06 bits per heavy atom. The van der Waals surface area contributed by atoms with Gasteiger partial charge in [-0.15, -0.1) is 23.2 Å². The maximum absolute atomic E-state index is 5.83. The Labute approximate surface area is 318 Å². The Balaban J connectivity index is 1.82. The molecule has 0 heterocycles. The van der Waals surface area contributed by atoms with Crippen LogP contribution in [0.1, 0.15) is 152 Å². The second kappa shape index (κ2) is 34.8. The lowest BCUT2D eigenvalue weighted by Crippen LogP contribution is -2.00. The number of ether oxygens (including phenoxy) is 1. The smallest absolute Gasteiger partial charge is 0.180 e. The number of halogens is 2. The molecule has 0 amide bonds. The van der Waals surface area contributed by atoms with Gasteiger partial charge in [0.15, 0.2) is 11.5 Å². The number of unbranched alkanes of at least 4 members (excludes halogenated alkanes) is 18. The van der Waals surface area contributed by atoms with Crippen molar-refractivity contribution in [3.8, 4) is 0 Å². The molecule has 0 bridgehead atoms. The van der Waals surface area contributed by atoms with E-state index in [1.54, 1.807) is 0 Å². The number of benzene rings is 2. The summed E-state index contributed by atoms with van der Waals surface area (Å²) in [7, 11) is 0. The zero-order valence-electron chi connectivity index (χ0n) is 30.9. The third-order valence-corrected chi connectivity index (χ3v) is 9.06. The van der Waals surface area contributed by atoms with Crippen molar-refractivity contribution in [3.63, 3.8) is 0 Å². The fourth-order valence-electron chi connectivity index (χ4n) is 5.51. The summed E-state index contributed by atoms with van der Waals surface area (Å²) in [5.74, 6) is 2.61. The molecule has 0 aliphatic carbocycles. The van der Waals surface area contributed by atoms with Gasteiger partial charge in [-0.1, -0.05) is 163 Å². The van der Waals surface area contributed by atoms with E-state index in [2.05, 4.69) is 0 Å². The fraction of sp³-hybridized carbons (Fsp3) is 0.619. The van der Waals surface area contributed by atoms with E-state index in [1.165, 1.54) is 102 Å². The number of alkyl halides is 2. The molecule has 288 valence electrons. The summed E-state index contributed by atoms with van der Waals surface area (Å²) in [5.41, 5.74) is 1.97. The van der Waals surface area contributed by atoms with E-state index in [4.69, 9.17) is 57.6 Å². The average molecular weight is 752 g/mol. The molecule has 2 rings (SSSR count). The molecule has 0 aliphatic heterocycles. The molecule has 0 radical (unpaired) electrons. The molecule has 0 saturated carbocycles. The van der Waals surface area contributed by atoms with Gasteiger partial charge in [-0.3, -0.25) is 0 Å². The van der Waals surface area contributed by atoms with Gasteiger partial charge >= 0.3 is 0 Å². The van der Waals surface area contributed by atoms with Crippen molar-refractivity contribution in [2.45, 2.75) is 154 Å². The number of allylic oxidation sites excluding steroid dienone is 2. The molecule has 2 aromatic rings. The molecule has 0 fully saturated rings. The average Bonchev–Trinajstić information content (AvgIpc) is 3.16. The standard InChI is InChI=1S/C42H64Cl2O7/c43-33-25-15-11-7-3-1-5-9-13-23-31-41(48-50-46-35-39-27-19-17-20-28-39)37-45-38-42(49-51-47-36-40-29-21-18-22-30-40)32-24-14-10-6-2-4-8-12-16-26-34-44/h17-22,27-30,37-38H,1-16,23-26,31-36H2. The lowest BCUT2D eigenvalue weighted by Gasteiger charge is -2.10.